The number of amides is 2. The van der Waals surface area contributed by atoms with E-state index in [9.17, 15) is 14.9 Å². The summed E-state index contributed by atoms with van der Waals surface area (Å²) >= 11 is 1.37. The quantitative estimate of drug-likeness (QED) is 0.643. The van der Waals surface area contributed by atoms with Gasteiger partial charge in [-0.1, -0.05) is 6.07 Å². The smallest absolute Gasteiger partial charge is 0.407 e. The molecule has 1 aliphatic carbocycles. The Labute approximate surface area is 185 Å². The molecule has 0 aromatic carbocycles. The summed E-state index contributed by atoms with van der Waals surface area (Å²) in [7, 11) is 3.87. The van der Waals surface area contributed by atoms with E-state index in [1.807, 2.05) is 25.1 Å². The minimum absolute atomic E-state index is 0.244. The number of fused-ring (bicyclic) bond motifs is 1. The van der Waals surface area contributed by atoms with Gasteiger partial charge >= 0.3 is 6.09 Å². The number of pyridine rings is 1. The van der Waals surface area contributed by atoms with Crippen LogP contribution in [-0.4, -0.2) is 55.2 Å². The molecule has 0 saturated heterocycles. The highest BCUT2D eigenvalue weighted by Gasteiger charge is 2.28. The van der Waals surface area contributed by atoms with E-state index in [2.05, 4.69) is 21.7 Å². The summed E-state index contributed by atoms with van der Waals surface area (Å²) in [6.45, 7) is 1.25. The number of thiophene rings is 1. The van der Waals surface area contributed by atoms with Gasteiger partial charge < -0.3 is 20.3 Å². The molecule has 2 amide bonds. The Morgan fingerprint density at radius 3 is 3.00 bits per heavy atom. The molecule has 0 fully saturated rings. The number of aromatic nitrogens is 1. The minimum Gasteiger partial charge on any atom is -0.446 e. The van der Waals surface area contributed by atoms with Gasteiger partial charge in [0.05, 0.1) is 5.56 Å². The van der Waals surface area contributed by atoms with Crippen molar-refractivity contribution in [1.29, 1.82) is 5.26 Å². The first-order chi connectivity index (χ1) is 15.0. The molecule has 1 aliphatic rings. The van der Waals surface area contributed by atoms with E-state index in [4.69, 9.17) is 4.74 Å². The van der Waals surface area contributed by atoms with Crippen molar-refractivity contribution in [2.45, 2.75) is 25.4 Å². The molecule has 9 heteroatoms. The molecule has 31 heavy (non-hydrogen) atoms. The Morgan fingerprint density at radius 1 is 1.45 bits per heavy atom. The molecule has 0 aliphatic heterocycles. The van der Waals surface area contributed by atoms with Crippen molar-refractivity contribution in [3.05, 3.63) is 52.2 Å². The number of carbonyl (C=O) groups is 2. The van der Waals surface area contributed by atoms with Crippen LogP contribution in [0.2, 0.25) is 0 Å². The van der Waals surface area contributed by atoms with Gasteiger partial charge in [-0.25, -0.2) is 4.79 Å². The van der Waals surface area contributed by atoms with Crippen LogP contribution in [-0.2, 0) is 22.4 Å². The maximum atomic E-state index is 12.3. The average molecular weight is 440 g/mol. The summed E-state index contributed by atoms with van der Waals surface area (Å²) in [6.07, 6.45) is 7.55. The summed E-state index contributed by atoms with van der Waals surface area (Å²) in [6, 6.07) is 5.85. The summed E-state index contributed by atoms with van der Waals surface area (Å²) < 4.78 is 5.53. The molecule has 162 valence electrons. The highest BCUT2D eigenvalue weighted by molar-refractivity contribution is 7.16. The Balaban J connectivity index is 1.61. The van der Waals surface area contributed by atoms with Crippen LogP contribution in [0, 0.1) is 11.3 Å². The fourth-order valence-electron chi connectivity index (χ4n) is 3.24. The van der Waals surface area contributed by atoms with Crippen LogP contribution in [0.15, 0.2) is 30.6 Å². The molecule has 2 aromatic heterocycles. The molecule has 2 N–H and O–H groups in total. The Hall–Kier alpha value is -3.22. The second kappa shape index (κ2) is 10.7. The molecular weight excluding hydrogens is 414 g/mol. The van der Waals surface area contributed by atoms with Gasteiger partial charge in [0.1, 0.15) is 17.2 Å². The SMILES string of the molecule is CN(C)CCNC(=O)OC1CCc2c(sc(NC(=O)/C=C/c3cccnc3)c2C#N)C1. The molecule has 1 unspecified atom stereocenters. The number of hydrogen-bond donors (Lipinski definition) is 2. The first kappa shape index (κ1) is 22.5. The second-order valence-electron chi connectivity index (χ2n) is 7.43. The number of ether oxygens (including phenoxy) is 1. The maximum absolute atomic E-state index is 12.3. The van der Waals surface area contributed by atoms with Gasteiger partial charge in [-0.2, -0.15) is 5.26 Å². The van der Waals surface area contributed by atoms with E-state index in [0.717, 1.165) is 22.5 Å². The summed E-state index contributed by atoms with van der Waals surface area (Å²) in [5, 5.41) is 15.7. The van der Waals surface area contributed by atoms with E-state index < -0.39 is 6.09 Å². The van der Waals surface area contributed by atoms with Crippen molar-refractivity contribution in [2.24, 2.45) is 0 Å². The number of carbonyl (C=O) groups excluding carboxylic acids is 2. The van der Waals surface area contributed by atoms with E-state index in [0.29, 0.717) is 36.4 Å². The fourth-order valence-corrected chi connectivity index (χ4v) is 4.50. The number of nitrogens with zero attached hydrogens (tertiary/aromatic N) is 3. The fraction of sp³-hybridized carbons (Fsp3) is 0.364. The Morgan fingerprint density at radius 2 is 2.29 bits per heavy atom. The number of likely N-dealkylation sites (N-methyl/N-ethyl adjacent to an activating group) is 1. The minimum atomic E-state index is -0.429. The van der Waals surface area contributed by atoms with Crippen molar-refractivity contribution < 1.29 is 14.3 Å². The lowest BCUT2D eigenvalue weighted by molar-refractivity contribution is -0.111. The monoisotopic (exact) mass is 439 g/mol. The zero-order valence-corrected chi connectivity index (χ0v) is 18.4. The number of hydrogen-bond acceptors (Lipinski definition) is 7. The zero-order chi connectivity index (χ0) is 22.2. The number of rotatable bonds is 7. The van der Waals surface area contributed by atoms with Crippen LogP contribution in [0.5, 0.6) is 0 Å². The lowest BCUT2D eigenvalue weighted by Gasteiger charge is -2.22. The van der Waals surface area contributed by atoms with Gasteiger partial charge in [-0.15, -0.1) is 11.3 Å². The standard InChI is InChI=1S/C22H25N5O3S/c1-27(2)11-10-25-22(29)30-16-6-7-17-18(13-23)21(31-19(17)12-16)26-20(28)8-5-15-4-3-9-24-14-15/h3-5,8-9,14,16H,6-7,10-12H2,1-2H3,(H,25,29)(H,26,28)/b8-5+. The third-order valence-electron chi connectivity index (χ3n) is 4.78. The van der Waals surface area contributed by atoms with Gasteiger partial charge in [0, 0.05) is 42.9 Å². The van der Waals surface area contributed by atoms with E-state index >= 15 is 0 Å². The van der Waals surface area contributed by atoms with Crippen LogP contribution >= 0.6 is 11.3 Å². The molecule has 2 aromatic rings. The Kier molecular flexibility index (Phi) is 7.76. The number of nitriles is 1. The van der Waals surface area contributed by atoms with Gasteiger partial charge in [0.15, 0.2) is 0 Å². The van der Waals surface area contributed by atoms with Crippen molar-refractivity contribution in [3.63, 3.8) is 0 Å². The predicted molar refractivity (Wildman–Crippen MR) is 120 cm³/mol. The number of anilines is 1. The van der Waals surface area contributed by atoms with Crippen molar-refractivity contribution >= 4 is 34.4 Å². The highest BCUT2D eigenvalue weighted by atomic mass is 32.1. The van der Waals surface area contributed by atoms with Crippen molar-refractivity contribution in [3.8, 4) is 6.07 Å². The maximum Gasteiger partial charge on any atom is 0.407 e. The molecule has 1 atom stereocenters. The number of alkyl carbamates (subject to hydrolysis) is 1. The van der Waals surface area contributed by atoms with E-state index in [1.165, 1.54) is 17.4 Å². The van der Waals surface area contributed by atoms with Crippen molar-refractivity contribution in [2.75, 3.05) is 32.5 Å². The summed E-state index contributed by atoms with van der Waals surface area (Å²) in [5.74, 6) is -0.313. The van der Waals surface area contributed by atoms with E-state index in [1.54, 1.807) is 24.5 Å². The summed E-state index contributed by atoms with van der Waals surface area (Å²) in [5.41, 5.74) is 2.25. The van der Waals surface area contributed by atoms with Gasteiger partial charge in [0.25, 0.3) is 0 Å². The zero-order valence-electron chi connectivity index (χ0n) is 17.6. The lowest BCUT2D eigenvalue weighted by atomic mass is 9.94. The largest absolute Gasteiger partial charge is 0.446 e. The first-order valence-corrected chi connectivity index (χ1v) is 10.8. The van der Waals surface area contributed by atoms with Crippen LogP contribution in [0.1, 0.15) is 28.0 Å². The molecule has 0 spiro atoms. The van der Waals surface area contributed by atoms with Gasteiger partial charge in [0.2, 0.25) is 5.91 Å². The van der Waals surface area contributed by atoms with Crippen LogP contribution in [0.25, 0.3) is 6.08 Å². The molecule has 0 bridgehead atoms. The third kappa shape index (κ3) is 6.38. The molecule has 0 radical (unpaired) electrons. The van der Waals surface area contributed by atoms with Crippen LogP contribution < -0.4 is 10.6 Å². The number of nitrogens with one attached hydrogen (secondary N) is 2. The predicted octanol–water partition coefficient (Wildman–Crippen LogP) is 2.81. The third-order valence-corrected chi connectivity index (χ3v) is 5.95. The molecule has 2 heterocycles. The molecule has 3 rings (SSSR count). The lowest BCUT2D eigenvalue weighted by Crippen LogP contribution is -2.35. The first-order valence-electron chi connectivity index (χ1n) is 9.99. The molecular formula is C22H25N5O3S. The highest BCUT2D eigenvalue weighted by Crippen LogP contribution is 2.38. The van der Waals surface area contributed by atoms with Crippen LogP contribution in [0.4, 0.5) is 9.80 Å². The van der Waals surface area contributed by atoms with Crippen LogP contribution in [0.3, 0.4) is 0 Å². The Bertz CT molecular complexity index is 995. The van der Waals surface area contributed by atoms with Crippen molar-refractivity contribution in [1.82, 2.24) is 15.2 Å². The molecule has 8 nitrogen and oxygen atoms in total. The average Bonchev–Trinajstić information content (AvgIpc) is 3.08. The molecule has 0 saturated carbocycles. The van der Waals surface area contributed by atoms with Gasteiger partial charge in [-0.05, 0) is 50.2 Å². The topological polar surface area (TPSA) is 107 Å². The van der Waals surface area contributed by atoms with E-state index in [-0.39, 0.29) is 12.0 Å². The summed E-state index contributed by atoms with van der Waals surface area (Å²) in [4.78, 5) is 31.3. The second-order valence-corrected chi connectivity index (χ2v) is 8.53. The van der Waals surface area contributed by atoms with Gasteiger partial charge in [-0.3, -0.25) is 9.78 Å². The normalized spacial score (nSPS) is 15.4.